The summed E-state index contributed by atoms with van der Waals surface area (Å²) in [6.45, 7) is 1.54. The van der Waals surface area contributed by atoms with Gasteiger partial charge in [-0.1, -0.05) is 0 Å². The summed E-state index contributed by atoms with van der Waals surface area (Å²) >= 11 is 0. The number of nitrogens with zero attached hydrogens (tertiary/aromatic N) is 2. The van der Waals surface area contributed by atoms with Crippen LogP contribution in [0.4, 0.5) is 4.79 Å². The van der Waals surface area contributed by atoms with Crippen LogP contribution in [0.25, 0.3) is 0 Å². The summed E-state index contributed by atoms with van der Waals surface area (Å²) in [7, 11) is 0. The van der Waals surface area contributed by atoms with Gasteiger partial charge in [0.25, 0.3) is 0 Å². The lowest BCUT2D eigenvalue weighted by Crippen LogP contribution is -2.47. The molecule has 0 spiro atoms. The average molecular weight is 295 g/mol. The molecule has 3 aliphatic heterocycles. The first-order valence-electron chi connectivity index (χ1n) is 7.64. The highest BCUT2D eigenvalue weighted by atomic mass is 16.4. The molecular weight excluding hydrogens is 274 g/mol. The average Bonchev–Trinajstić information content (AvgIpc) is 3.18. The smallest absolute Gasteiger partial charge is 0.318 e. The first-order valence-corrected chi connectivity index (χ1v) is 7.64. The Morgan fingerprint density at radius 3 is 2.48 bits per heavy atom. The topological polar surface area (TPSA) is 90.0 Å². The number of urea groups is 1. The normalized spacial score (nSPS) is 30.8. The molecule has 3 rings (SSSR count). The van der Waals surface area contributed by atoms with E-state index < -0.39 is 11.9 Å². The van der Waals surface area contributed by atoms with Crippen LogP contribution < -0.4 is 5.32 Å². The Kier molecular flexibility index (Phi) is 3.73. The Morgan fingerprint density at radius 1 is 1.14 bits per heavy atom. The maximum Gasteiger partial charge on any atom is 0.318 e. The number of carboxylic acid groups (broad SMARTS) is 1. The van der Waals surface area contributed by atoms with Gasteiger partial charge in [0, 0.05) is 25.2 Å². The number of likely N-dealkylation sites (tertiary alicyclic amines) is 1. The number of aliphatic carboxylic acids is 1. The maximum absolute atomic E-state index is 12.2. The number of rotatable bonds is 3. The van der Waals surface area contributed by atoms with Crippen LogP contribution >= 0.6 is 0 Å². The number of carbonyl (C=O) groups is 3. The molecular formula is C14H21N3O4. The van der Waals surface area contributed by atoms with E-state index in [9.17, 15) is 19.5 Å². The quantitative estimate of drug-likeness (QED) is 0.781. The molecule has 3 atom stereocenters. The molecule has 0 aromatic carbocycles. The summed E-state index contributed by atoms with van der Waals surface area (Å²) in [5.74, 6) is -1.33. The van der Waals surface area contributed by atoms with Gasteiger partial charge in [-0.25, -0.2) is 4.79 Å². The Labute approximate surface area is 123 Å². The van der Waals surface area contributed by atoms with Crippen molar-refractivity contribution in [2.24, 2.45) is 5.92 Å². The highest BCUT2D eigenvalue weighted by Gasteiger charge is 2.51. The fourth-order valence-corrected chi connectivity index (χ4v) is 3.89. The number of fused-ring (bicyclic) bond motifs is 2. The number of amides is 3. The largest absolute Gasteiger partial charge is 0.481 e. The number of carbonyl (C=O) groups excluding carboxylic acids is 2. The molecule has 3 unspecified atom stereocenters. The molecule has 2 N–H and O–H groups in total. The first-order chi connectivity index (χ1) is 10.1. The zero-order chi connectivity index (χ0) is 15.0. The lowest BCUT2D eigenvalue weighted by Gasteiger charge is -2.24. The summed E-state index contributed by atoms with van der Waals surface area (Å²) in [6, 6.07) is -0.494. The number of hydrogen-bond donors (Lipinski definition) is 2. The van der Waals surface area contributed by atoms with Crippen LogP contribution in [0.2, 0.25) is 0 Å². The molecule has 0 radical (unpaired) electrons. The van der Waals surface area contributed by atoms with Gasteiger partial charge in [-0.3, -0.25) is 9.59 Å². The van der Waals surface area contributed by atoms with Crippen molar-refractivity contribution in [3.05, 3.63) is 0 Å². The predicted octanol–water partition coefficient (Wildman–Crippen LogP) is 0.256. The number of nitrogens with one attached hydrogen (secondary N) is 1. The predicted molar refractivity (Wildman–Crippen MR) is 73.6 cm³/mol. The summed E-state index contributed by atoms with van der Waals surface area (Å²) in [6.07, 6.45) is 4.19. The van der Waals surface area contributed by atoms with Gasteiger partial charge < -0.3 is 20.2 Å². The SMILES string of the molecule is O=C(O)C1CC2CCC1N2C(=O)NCC(=O)N1CCCC1. The van der Waals surface area contributed by atoms with Crippen molar-refractivity contribution in [1.82, 2.24) is 15.1 Å². The third kappa shape index (κ3) is 2.56. The number of carboxylic acids is 1. The first kappa shape index (κ1) is 14.2. The van der Waals surface area contributed by atoms with Crippen molar-refractivity contribution in [2.45, 2.75) is 44.2 Å². The van der Waals surface area contributed by atoms with Crippen LogP contribution in [0.15, 0.2) is 0 Å². The molecule has 0 aromatic heterocycles. The van der Waals surface area contributed by atoms with E-state index >= 15 is 0 Å². The number of hydrogen-bond acceptors (Lipinski definition) is 3. The highest BCUT2D eigenvalue weighted by Crippen LogP contribution is 2.41. The lowest BCUT2D eigenvalue weighted by molar-refractivity contribution is -0.142. The molecule has 0 aromatic rings. The van der Waals surface area contributed by atoms with E-state index in [2.05, 4.69) is 5.32 Å². The van der Waals surface area contributed by atoms with Crippen LogP contribution in [-0.4, -0.2) is 64.5 Å². The van der Waals surface area contributed by atoms with E-state index in [1.165, 1.54) is 0 Å². The third-order valence-electron chi connectivity index (χ3n) is 4.94. The Morgan fingerprint density at radius 2 is 1.86 bits per heavy atom. The third-order valence-corrected chi connectivity index (χ3v) is 4.94. The summed E-state index contributed by atoms with van der Waals surface area (Å²) in [5, 5.41) is 11.8. The van der Waals surface area contributed by atoms with Crippen molar-refractivity contribution in [1.29, 1.82) is 0 Å². The van der Waals surface area contributed by atoms with Crippen molar-refractivity contribution >= 4 is 17.9 Å². The van der Waals surface area contributed by atoms with E-state index in [-0.39, 0.29) is 30.6 Å². The standard InChI is InChI=1S/C14H21N3O4/c18-12(16-5-1-2-6-16)8-15-14(21)17-9-3-4-11(17)10(7-9)13(19)20/h9-11H,1-8H2,(H,15,21)(H,19,20). The van der Waals surface area contributed by atoms with Gasteiger partial charge in [-0.15, -0.1) is 0 Å². The van der Waals surface area contributed by atoms with Gasteiger partial charge in [-0.2, -0.15) is 0 Å². The van der Waals surface area contributed by atoms with Crippen LogP contribution in [0.3, 0.4) is 0 Å². The van der Waals surface area contributed by atoms with E-state index in [1.54, 1.807) is 9.80 Å². The zero-order valence-corrected chi connectivity index (χ0v) is 12.0. The van der Waals surface area contributed by atoms with Gasteiger partial charge >= 0.3 is 12.0 Å². The molecule has 2 bridgehead atoms. The molecule has 116 valence electrons. The molecule has 7 heteroatoms. The molecule has 3 heterocycles. The van der Waals surface area contributed by atoms with Crippen molar-refractivity contribution < 1.29 is 19.5 Å². The minimum Gasteiger partial charge on any atom is -0.481 e. The van der Waals surface area contributed by atoms with Crippen LogP contribution in [-0.2, 0) is 9.59 Å². The second-order valence-corrected chi connectivity index (χ2v) is 6.13. The molecule has 0 aliphatic carbocycles. The van der Waals surface area contributed by atoms with Crippen molar-refractivity contribution in [3.63, 3.8) is 0 Å². The van der Waals surface area contributed by atoms with E-state index in [0.29, 0.717) is 6.42 Å². The molecule has 3 amide bonds. The Hall–Kier alpha value is -1.79. The van der Waals surface area contributed by atoms with E-state index in [4.69, 9.17) is 0 Å². The summed E-state index contributed by atoms with van der Waals surface area (Å²) < 4.78 is 0. The zero-order valence-electron chi connectivity index (χ0n) is 12.0. The Balaban J connectivity index is 1.54. The van der Waals surface area contributed by atoms with Gasteiger partial charge in [0.1, 0.15) is 0 Å². The molecule has 3 fully saturated rings. The Bertz CT molecular complexity index is 461. The molecule has 7 nitrogen and oxygen atoms in total. The monoisotopic (exact) mass is 295 g/mol. The van der Waals surface area contributed by atoms with Crippen LogP contribution in [0.1, 0.15) is 32.1 Å². The van der Waals surface area contributed by atoms with Crippen LogP contribution in [0.5, 0.6) is 0 Å². The molecule has 0 saturated carbocycles. The fraction of sp³-hybridized carbons (Fsp3) is 0.786. The minimum absolute atomic E-state index is 0.00646. The van der Waals surface area contributed by atoms with Crippen LogP contribution in [0, 0.1) is 5.92 Å². The van der Waals surface area contributed by atoms with Gasteiger partial charge in [0.2, 0.25) is 5.91 Å². The maximum atomic E-state index is 12.2. The fourth-order valence-electron chi connectivity index (χ4n) is 3.89. The van der Waals surface area contributed by atoms with Gasteiger partial charge in [-0.05, 0) is 32.1 Å². The van der Waals surface area contributed by atoms with E-state index in [1.807, 2.05) is 0 Å². The highest BCUT2D eigenvalue weighted by molar-refractivity contribution is 5.85. The molecule has 3 saturated heterocycles. The van der Waals surface area contributed by atoms with Crippen molar-refractivity contribution in [3.8, 4) is 0 Å². The van der Waals surface area contributed by atoms with Gasteiger partial charge in [0.15, 0.2) is 0 Å². The minimum atomic E-state index is -0.826. The second-order valence-electron chi connectivity index (χ2n) is 6.13. The van der Waals surface area contributed by atoms with E-state index in [0.717, 1.165) is 38.8 Å². The summed E-state index contributed by atoms with van der Waals surface area (Å²) in [5.41, 5.74) is 0. The second kappa shape index (κ2) is 5.54. The molecule has 3 aliphatic rings. The molecule has 21 heavy (non-hydrogen) atoms. The summed E-state index contributed by atoms with van der Waals surface area (Å²) in [4.78, 5) is 38.8. The van der Waals surface area contributed by atoms with Crippen molar-refractivity contribution in [2.75, 3.05) is 19.6 Å². The lowest BCUT2D eigenvalue weighted by atomic mass is 9.89. The van der Waals surface area contributed by atoms with Gasteiger partial charge in [0.05, 0.1) is 12.5 Å².